The number of aromatic carboxylic acids is 1. The van der Waals surface area contributed by atoms with E-state index in [0.717, 1.165) is 24.7 Å². The zero-order valence-electron chi connectivity index (χ0n) is 9.72. The lowest BCUT2D eigenvalue weighted by Gasteiger charge is -2.03. The first-order valence-electron chi connectivity index (χ1n) is 6.01. The van der Waals surface area contributed by atoms with Crippen LogP contribution in [0.3, 0.4) is 0 Å². The van der Waals surface area contributed by atoms with Gasteiger partial charge in [-0.2, -0.15) is 0 Å². The number of nitrogens with one attached hydrogen (secondary N) is 1. The minimum atomic E-state index is -1.25. The number of carbonyl (C=O) groups is 1. The normalized spacial score (nSPS) is 16.4. The second kappa shape index (κ2) is 3.97. The maximum absolute atomic E-state index is 11.9. The summed E-state index contributed by atoms with van der Waals surface area (Å²) in [5.41, 5.74) is 0.579. The van der Waals surface area contributed by atoms with Gasteiger partial charge in [0.05, 0.1) is 0 Å². The van der Waals surface area contributed by atoms with Crippen LogP contribution < -0.4 is 5.56 Å². The number of fused-ring (bicyclic) bond motifs is 1. The zero-order valence-corrected chi connectivity index (χ0v) is 9.72. The summed E-state index contributed by atoms with van der Waals surface area (Å²) in [5.74, 6) is -0.821. The Labute approximate surface area is 102 Å². The Morgan fingerprint density at radius 2 is 2.17 bits per heavy atom. The predicted octanol–water partition coefficient (Wildman–Crippen LogP) is 1.38. The zero-order chi connectivity index (χ0) is 12.7. The van der Waals surface area contributed by atoms with Crippen molar-refractivity contribution in [1.82, 2.24) is 14.6 Å². The first kappa shape index (κ1) is 11.0. The molecule has 0 amide bonds. The molecule has 0 spiro atoms. The van der Waals surface area contributed by atoms with Crippen LogP contribution in [0, 0.1) is 0 Å². The van der Waals surface area contributed by atoms with E-state index in [0.29, 0.717) is 11.6 Å². The van der Waals surface area contributed by atoms with E-state index in [1.165, 1.54) is 17.4 Å². The first-order chi connectivity index (χ1) is 8.66. The average Bonchev–Trinajstić information content (AvgIpc) is 2.97. The highest BCUT2D eigenvalue weighted by atomic mass is 16.4. The molecule has 1 saturated carbocycles. The third-order valence-corrected chi connectivity index (χ3v) is 3.54. The van der Waals surface area contributed by atoms with Gasteiger partial charge in [-0.1, -0.05) is 12.8 Å². The van der Waals surface area contributed by atoms with Crippen LogP contribution in [0.15, 0.2) is 17.1 Å². The maximum Gasteiger partial charge on any atom is 0.343 e. The molecule has 1 aliphatic rings. The van der Waals surface area contributed by atoms with Crippen LogP contribution in [0.4, 0.5) is 0 Å². The Morgan fingerprint density at radius 3 is 2.83 bits per heavy atom. The van der Waals surface area contributed by atoms with Crippen LogP contribution in [0.25, 0.3) is 5.65 Å². The van der Waals surface area contributed by atoms with Crippen LogP contribution in [-0.2, 0) is 0 Å². The van der Waals surface area contributed by atoms with Gasteiger partial charge in [0.1, 0.15) is 5.56 Å². The van der Waals surface area contributed by atoms with Gasteiger partial charge in [-0.3, -0.25) is 9.89 Å². The van der Waals surface area contributed by atoms with Crippen molar-refractivity contribution in [2.75, 3.05) is 0 Å². The highest BCUT2D eigenvalue weighted by Gasteiger charge is 2.20. The Morgan fingerprint density at radius 1 is 1.44 bits per heavy atom. The van der Waals surface area contributed by atoms with Crippen LogP contribution in [-0.4, -0.2) is 25.7 Å². The van der Waals surface area contributed by atoms with Crippen molar-refractivity contribution in [3.8, 4) is 0 Å². The molecule has 6 heteroatoms. The second-order valence-corrected chi connectivity index (χ2v) is 4.67. The van der Waals surface area contributed by atoms with Gasteiger partial charge in [-0.05, 0) is 12.8 Å². The predicted molar refractivity (Wildman–Crippen MR) is 64.0 cm³/mol. The third kappa shape index (κ3) is 1.61. The fourth-order valence-electron chi connectivity index (χ4n) is 2.57. The molecule has 18 heavy (non-hydrogen) atoms. The summed E-state index contributed by atoms with van der Waals surface area (Å²) < 4.78 is 1.22. The molecule has 0 atom stereocenters. The lowest BCUT2D eigenvalue weighted by Crippen LogP contribution is -2.23. The number of nitrogens with zero attached hydrogens (tertiary/aromatic N) is 2. The minimum Gasteiger partial charge on any atom is -0.477 e. The molecule has 0 radical (unpaired) electrons. The lowest BCUT2D eigenvalue weighted by atomic mass is 10.1. The lowest BCUT2D eigenvalue weighted by molar-refractivity contribution is 0.0694. The molecule has 1 fully saturated rings. The van der Waals surface area contributed by atoms with Crippen LogP contribution in [0.5, 0.6) is 0 Å². The van der Waals surface area contributed by atoms with Gasteiger partial charge in [0.2, 0.25) is 0 Å². The molecule has 0 aromatic carbocycles. The molecule has 2 aromatic heterocycles. The second-order valence-electron chi connectivity index (χ2n) is 4.67. The quantitative estimate of drug-likeness (QED) is 0.839. The Hall–Kier alpha value is -2.11. The number of carboxylic acid groups (broad SMARTS) is 1. The Balaban J connectivity index is 2.14. The Bertz CT molecular complexity index is 665. The van der Waals surface area contributed by atoms with Crippen molar-refractivity contribution in [2.24, 2.45) is 0 Å². The van der Waals surface area contributed by atoms with Crippen LogP contribution in [0.2, 0.25) is 0 Å². The molecule has 0 saturated heterocycles. The van der Waals surface area contributed by atoms with Gasteiger partial charge in [0, 0.05) is 23.9 Å². The van der Waals surface area contributed by atoms with Gasteiger partial charge in [-0.25, -0.2) is 14.3 Å². The number of aromatic amines is 1. The maximum atomic E-state index is 11.9. The largest absolute Gasteiger partial charge is 0.477 e. The molecule has 94 valence electrons. The molecule has 2 N–H and O–H groups in total. The molecule has 1 aliphatic carbocycles. The van der Waals surface area contributed by atoms with Crippen molar-refractivity contribution < 1.29 is 9.90 Å². The van der Waals surface area contributed by atoms with Crippen molar-refractivity contribution in [3.63, 3.8) is 0 Å². The fraction of sp³-hybridized carbons (Fsp3) is 0.417. The van der Waals surface area contributed by atoms with Gasteiger partial charge >= 0.3 is 5.97 Å². The monoisotopic (exact) mass is 247 g/mol. The average molecular weight is 247 g/mol. The number of hydrogen-bond acceptors (Lipinski definition) is 3. The summed E-state index contributed by atoms with van der Waals surface area (Å²) in [4.78, 5) is 26.8. The highest BCUT2D eigenvalue weighted by Crippen LogP contribution is 2.33. The van der Waals surface area contributed by atoms with Crippen molar-refractivity contribution in [3.05, 3.63) is 33.9 Å². The number of carboxylic acids is 1. The van der Waals surface area contributed by atoms with E-state index >= 15 is 0 Å². The number of aromatic nitrogens is 3. The molecule has 0 bridgehead atoms. The summed E-state index contributed by atoms with van der Waals surface area (Å²) >= 11 is 0. The van der Waals surface area contributed by atoms with E-state index < -0.39 is 11.5 Å². The molecular weight excluding hydrogens is 234 g/mol. The molecule has 3 rings (SSSR count). The highest BCUT2D eigenvalue weighted by molar-refractivity contribution is 5.86. The summed E-state index contributed by atoms with van der Waals surface area (Å²) in [6.45, 7) is 0. The summed E-state index contributed by atoms with van der Waals surface area (Å²) in [6.07, 6.45) is 5.72. The van der Waals surface area contributed by atoms with E-state index in [9.17, 15) is 9.59 Å². The topological polar surface area (TPSA) is 87.5 Å². The van der Waals surface area contributed by atoms with E-state index in [1.807, 2.05) is 6.07 Å². The van der Waals surface area contributed by atoms with Crippen LogP contribution in [0.1, 0.15) is 47.7 Å². The van der Waals surface area contributed by atoms with E-state index in [-0.39, 0.29) is 5.56 Å². The van der Waals surface area contributed by atoms with E-state index in [4.69, 9.17) is 5.11 Å². The first-order valence-corrected chi connectivity index (χ1v) is 6.01. The molecule has 2 heterocycles. The molecule has 6 nitrogen and oxygen atoms in total. The number of hydrogen-bond donors (Lipinski definition) is 2. The SMILES string of the molecule is O=C(O)c1cnc2cc(C3CCCC3)[nH]n2c1=O. The Kier molecular flexibility index (Phi) is 2.43. The van der Waals surface area contributed by atoms with E-state index in [1.54, 1.807) is 0 Å². The van der Waals surface area contributed by atoms with Crippen molar-refractivity contribution in [1.29, 1.82) is 0 Å². The van der Waals surface area contributed by atoms with Gasteiger partial charge in [0.15, 0.2) is 5.65 Å². The smallest absolute Gasteiger partial charge is 0.343 e. The molecule has 0 unspecified atom stereocenters. The van der Waals surface area contributed by atoms with Crippen molar-refractivity contribution in [2.45, 2.75) is 31.6 Å². The van der Waals surface area contributed by atoms with Gasteiger partial charge < -0.3 is 5.11 Å². The van der Waals surface area contributed by atoms with Crippen molar-refractivity contribution >= 4 is 11.6 Å². The molecule has 2 aromatic rings. The minimum absolute atomic E-state index is 0.313. The number of rotatable bonds is 2. The van der Waals surface area contributed by atoms with Gasteiger partial charge in [-0.15, -0.1) is 0 Å². The summed E-state index contributed by atoms with van der Waals surface area (Å²) in [5, 5.41) is 11.9. The number of H-pyrrole nitrogens is 1. The molecule has 0 aliphatic heterocycles. The summed E-state index contributed by atoms with van der Waals surface area (Å²) in [6, 6.07) is 1.84. The van der Waals surface area contributed by atoms with E-state index in [2.05, 4.69) is 10.1 Å². The standard InChI is InChI=1S/C12H13N3O3/c16-11-8(12(17)18)6-13-10-5-9(14-15(10)11)7-3-1-2-4-7/h5-7,14H,1-4H2,(H,17,18). The van der Waals surface area contributed by atoms with Crippen LogP contribution >= 0.6 is 0 Å². The summed E-state index contributed by atoms with van der Waals surface area (Å²) in [7, 11) is 0. The van der Waals surface area contributed by atoms with Gasteiger partial charge in [0.25, 0.3) is 5.56 Å². The molecular formula is C12H13N3O3. The fourth-order valence-corrected chi connectivity index (χ4v) is 2.57. The third-order valence-electron chi connectivity index (χ3n) is 3.54.